The molecule has 0 spiro atoms. The Labute approximate surface area is 104 Å². The standard InChI is InChI=1S/C16H34/c1-11(2)14(6)9-13(5)10-15(7)16(8)12(3)4/h11-16H,9-10H2,1-8H3. The Bertz CT molecular complexity index is 169. The fourth-order valence-corrected chi connectivity index (χ4v) is 2.51. The predicted molar refractivity (Wildman–Crippen MR) is 75.6 cm³/mol. The Morgan fingerprint density at radius 2 is 1.00 bits per heavy atom. The average molecular weight is 226 g/mol. The summed E-state index contributed by atoms with van der Waals surface area (Å²) in [5.41, 5.74) is 0. The Morgan fingerprint density at radius 3 is 1.38 bits per heavy atom. The van der Waals surface area contributed by atoms with E-state index in [1.807, 2.05) is 0 Å². The van der Waals surface area contributed by atoms with Gasteiger partial charge in [0.15, 0.2) is 0 Å². The van der Waals surface area contributed by atoms with E-state index >= 15 is 0 Å². The van der Waals surface area contributed by atoms with Gasteiger partial charge in [-0.2, -0.15) is 0 Å². The van der Waals surface area contributed by atoms with Crippen molar-refractivity contribution in [2.45, 2.75) is 68.2 Å². The lowest BCUT2D eigenvalue weighted by molar-refractivity contribution is 0.227. The highest BCUT2D eigenvalue weighted by Crippen LogP contribution is 2.29. The molecule has 0 heteroatoms. The lowest BCUT2D eigenvalue weighted by atomic mass is 9.78. The highest BCUT2D eigenvalue weighted by atomic mass is 14.3. The second kappa shape index (κ2) is 7.35. The first-order chi connectivity index (χ1) is 7.25. The summed E-state index contributed by atoms with van der Waals surface area (Å²) in [5, 5.41) is 0. The molecule has 98 valence electrons. The first-order valence-electron chi connectivity index (χ1n) is 7.25. The summed E-state index contributed by atoms with van der Waals surface area (Å²) in [7, 11) is 0. The Kier molecular flexibility index (Phi) is 7.35. The van der Waals surface area contributed by atoms with Crippen LogP contribution in [0.25, 0.3) is 0 Å². The molecular weight excluding hydrogens is 192 g/mol. The van der Waals surface area contributed by atoms with E-state index in [1.165, 1.54) is 12.8 Å². The van der Waals surface area contributed by atoms with Crippen LogP contribution < -0.4 is 0 Å². The molecule has 0 aromatic rings. The van der Waals surface area contributed by atoms with Crippen LogP contribution in [-0.2, 0) is 0 Å². The summed E-state index contributed by atoms with van der Waals surface area (Å²) in [6, 6.07) is 0. The quantitative estimate of drug-likeness (QED) is 0.528. The molecule has 0 radical (unpaired) electrons. The van der Waals surface area contributed by atoms with E-state index in [-0.39, 0.29) is 0 Å². The molecule has 0 bridgehead atoms. The van der Waals surface area contributed by atoms with Gasteiger partial charge in [-0.15, -0.1) is 0 Å². The van der Waals surface area contributed by atoms with Crippen LogP contribution in [0.5, 0.6) is 0 Å². The lowest BCUT2D eigenvalue weighted by Crippen LogP contribution is -2.18. The van der Waals surface area contributed by atoms with Gasteiger partial charge in [-0.25, -0.2) is 0 Å². The van der Waals surface area contributed by atoms with Crippen molar-refractivity contribution in [1.29, 1.82) is 0 Å². The van der Waals surface area contributed by atoms with Crippen LogP contribution in [0.1, 0.15) is 68.2 Å². The van der Waals surface area contributed by atoms with Crippen molar-refractivity contribution < 1.29 is 0 Å². The van der Waals surface area contributed by atoms with Crippen LogP contribution in [0.4, 0.5) is 0 Å². The summed E-state index contributed by atoms with van der Waals surface area (Å²) >= 11 is 0. The van der Waals surface area contributed by atoms with Gasteiger partial charge in [-0.3, -0.25) is 0 Å². The van der Waals surface area contributed by atoms with E-state index in [1.54, 1.807) is 0 Å². The van der Waals surface area contributed by atoms with Gasteiger partial charge in [-0.1, -0.05) is 55.4 Å². The fourth-order valence-electron chi connectivity index (χ4n) is 2.51. The largest absolute Gasteiger partial charge is 0.0625 e. The second-order valence-corrected chi connectivity index (χ2v) is 6.88. The van der Waals surface area contributed by atoms with Gasteiger partial charge in [-0.05, 0) is 48.3 Å². The average Bonchev–Trinajstić information content (AvgIpc) is 2.15. The van der Waals surface area contributed by atoms with E-state index in [2.05, 4.69) is 55.4 Å². The third-order valence-electron chi connectivity index (χ3n) is 4.64. The molecule has 0 aromatic heterocycles. The van der Waals surface area contributed by atoms with E-state index in [0.29, 0.717) is 0 Å². The molecule has 4 unspecified atom stereocenters. The molecule has 0 aromatic carbocycles. The summed E-state index contributed by atoms with van der Waals surface area (Å²) in [4.78, 5) is 0. The smallest absolute Gasteiger partial charge is 0.0394 e. The van der Waals surface area contributed by atoms with Crippen LogP contribution >= 0.6 is 0 Å². The molecule has 16 heavy (non-hydrogen) atoms. The summed E-state index contributed by atoms with van der Waals surface area (Å²) < 4.78 is 0. The summed E-state index contributed by atoms with van der Waals surface area (Å²) in [5.74, 6) is 5.14. The zero-order chi connectivity index (χ0) is 12.9. The van der Waals surface area contributed by atoms with Crippen LogP contribution in [-0.4, -0.2) is 0 Å². The van der Waals surface area contributed by atoms with Crippen LogP contribution in [0.15, 0.2) is 0 Å². The van der Waals surface area contributed by atoms with E-state index in [0.717, 1.165) is 35.5 Å². The maximum absolute atomic E-state index is 2.43. The predicted octanol–water partition coefficient (Wildman–Crippen LogP) is 5.62. The molecular formula is C16H34. The zero-order valence-electron chi connectivity index (χ0n) is 12.9. The highest BCUT2D eigenvalue weighted by Gasteiger charge is 2.20. The summed E-state index contributed by atoms with van der Waals surface area (Å²) in [6.45, 7) is 19.1. The molecule has 0 amide bonds. The minimum Gasteiger partial charge on any atom is -0.0625 e. The van der Waals surface area contributed by atoms with Gasteiger partial charge in [0.1, 0.15) is 0 Å². The minimum absolute atomic E-state index is 0.824. The van der Waals surface area contributed by atoms with Gasteiger partial charge in [0.05, 0.1) is 0 Å². The molecule has 0 aliphatic carbocycles. The van der Waals surface area contributed by atoms with Crippen molar-refractivity contribution in [3.8, 4) is 0 Å². The van der Waals surface area contributed by atoms with E-state index < -0.39 is 0 Å². The van der Waals surface area contributed by atoms with Crippen molar-refractivity contribution in [2.75, 3.05) is 0 Å². The number of hydrogen-bond acceptors (Lipinski definition) is 0. The van der Waals surface area contributed by atoms with Crippen molar-refractivity contribution in [3.05, 3.63) is 0 Å². The van der Waals surface area contributed by atoms with Crippen LogP contribution in [0, 0.1) is 35.5 Å². The SMILES string of the molecule is CC(CC(C)C(C)C)CC(C)C(C)C(C)C. The van der Waals surface area contributed by atoms with Crippen molar-refractivity contribution in [3.63, 3.8) is 0 Å². The fraction of sp³-hybridized carbons (Fsp3) is 1.00. The van der Waals surface area contributed by atoms with Gasteiger partial charge >= 0.3 is 0 Å². The number of hydrogen-bond donors (Lipinski definition) is 0. The number of rotatable bonds is 7. The van der Waals surface area contributed by atoms with Crippen molar-refractivity contribution >= 4 is 0 Å². The Morgan fingerprint density at radius 1 is 0.562 bits per heavy atom. The molecule has 0 heterocycles. The molecule has 0 fully saturated rings. The van der Waals surface area contributed by atoms with Crippen molar-refractivity contribution in [2.24, 2.45) is 35.5 Å². The molecule has 4 atom stereocenters. The normalized spacial score (nSPS) is 19.9. The van der Waals surface area contributed by atoms with Crippen LogP contribution in [0.2, 0.25) is 0 Å². The zero-order valence-corrected chi connectivity index (χ0v) is 12.9. The van der Waals surface area contributed by atoms with Gasteiger partial charge in [0.25, 0.3) is 0 Å². The van der Waals surface area contributed by atoms with Crippen molar-refractivity contribution in [1.82, 2.24) is 0 Å². The third-order valence-corrected chi connectivity index (χ3v) is 4.64. The summed E-state index contributed by atoms with van der Waals surface area (Å²) in [6.07, 6.45) is 2.79. The monoisotopic (exact) mass is 226 g/mol. The minimum atomic E-state index is 0.824. The Balaban J connectivity index is 3.99. The maximum Gasteiger partial charge on any atom is -0.0394 e. The van der Waals surface area contributed by atoms with E-state index in [9.17, 15) is 0 Å². The molecule has 0 N–H and O–H groups in total. The Hall–Kier alpha value is 0. The maximum atomic E-state index is 2.43. The van der Waals surface area contributed by atoms with Gasteiger partial charge in [0.2, 0.25) is 0 Å². The molecule has 0 rings (SSSR count). The molecule has 0 aliphatic rings. The highest BCUT2D eigenvalue weighted by molar-refractivity contribution is 4.70. The first kappa shape index (κ1) is 16.0. The molecule has 0 nitrogen and oxygen atoms in total. The van der Waals surface area contributed by atoms with Crippen LogP contribution in [0.3, 0.4) is 0 Å². The first-order valence-corrected chi connectivity index (χ1v) is 7.25. The van der Waals surface area contributed by atoms with E-state index in [4.69, 9.17) is 0 Å². The molecule has 0 aliphatic heterocycles. The molecule has 0 saturated heterocycles. The third kappa shape index (κ3) is 5.92. The van der Waals surface area contributed by atoms with Gasteiger partial charge in [0, 0.05) is 0 Å². The second-order valence-electron chi connectivity index (χ2n) is 6.88. The lowest BCUT2D eigenvalue weighted by Gasteiger charge is -2.28. The molecule has 0 saturated carbocycles. The topological polar surface area (TPSA) is 0 Å². The van der Waals surface area contributed by atoms with Gasteiger partial charge < -0.3 is 0 Å².